The summed E-state index contributed by atoms with van der Waals surface area (Å²) in [6, 6.07) is 15.4. The van der Waals surface area contributed by atoms with Crippen molar-refractivity contribution in [2.24, 2.45) is 28.6 Å². The average Bonchev–Trinajstić information content (AvgIpc) is 3.52. The first-order valence-electron chi connectivity index (χ1n) is 15.7. The highest BCUT2D eigenvalue weighted by molar-refractivity contribution is 6.01. The summed E-state index contributed by atoms with van der Waals surface area (Å²) in [4.78, 5) is 32.6. The highest BCUT2D eigenvalue weighted by Crippen LogP contribution is 2.72. The molecule has 9 atom stereocenters. The van der Waals surface area contributed by atoms with Gasteiger partial charge in [0.25, 0.3) is 0 Å². The van der Waals surface area contributed by atoms with E-state index in [1.54, 1.807) is 12.0 Å². The number of allylic oxidation sites excluding steroid dienone is 4. The van der Waals surface area contributed by atoms with E-state index in [0.29, 0.717) is 25.3 Å². The van der Waals surface area contributed by atoms with Crippen LogP contribution in [0.5, 0.6) is 5.75 Å². The molecule has 4 aliphatic carbocycles. The average molecular weight is 620 g/mol. The highest BCUT2D eigenvalue weighted by atomic mass is 19.1. The summed E-state index contributed by atoms with van der Waals surface area (Å²) >= 11 is 0. The van der Waals surface area contributed by atoms with E-state index in [-0.39, 0.29) is 18.4 Å². The van der Waals surface area contributed by atoms with E-state index in [1.807, 2.05) is 62.4 Å². The zero-order valence-electron chi connectivity index (χ0n) is 25.7. The van der Waals surface area contributed by atoms with E-state index in [1.165, 1.54) is 18.2 Å². The third-order valence-electron chi connectivity index (χ3n) is 11.8. The van der Waals surface area contributed by atoms with Gasteiger partial charge >= 0.3 is 0 Å². The molecule has 238 valence electrons. The van der Waals surface area contributed by atoms with Crippen molar-refractivity contribution in [3.63, 3.8) is 0 Å². The first kappa shape index (κ1) is 30.3. The number of Topliss-reactive ketones (excluding diaryl/α,β-unsaturated/α-hetero) is 1. The van der Waals surface area contributed by atoms with Crippen LogP contribution in [0.2, 0.25) is 0 Å². The summed E-state index contributed by atoms with van der Waals surface area (Å²) in [7, 11) is 0. The number of aliphatic hydroxyl groups is 2. The number of hydrogen-bond acceptors (Lipinski definition) is 7. The number of alkyl halides is 2. The molecule has 1 heterocycles. The van der Waals surface area contributed by atoms with E-state index in [2.05, 4.69) is 0 Å². The second-order valence-corrected chi connectivity index (χ2v) is 14.0. The Morgan fingerprint density at radius 2 is 1.89 bits per heavy atom. The van der Waals surface area contributed by atoms with Crippen LogP contribution >= 0.6 is 0 Å². The number of ketones is 2. The Morgan fingerprint density at radius 3 is 2.62 bits per heavy atom. The number of rotatable bonds is 6. The molecule has 0 radical (unpaired) electrons. The van der Waals surface area contributed by atoms with Crippen molar-refractivity contribution < 1.29 is 38.2 Å². The molecule has 0 spiro atoms. The van der Waals surface area contributed by atoms with Gasteiger partial charge in [-0.3, -0.25) is 19.5 Å². The summed E-state index contributed by atoms with van der Waals surface area (Å²) < 4.78 is 39.4. The van der Waals surface area contributed by atoms with Gasteiger partial charge in [0.05, 0.1) is 18.3 Å². The number of aryl methyl sites for hydroxylation is 1. The number of anilines is 1. The highest BCUT2D eigenvalue weighted by Gasteiger charge is 2.79. The molecule has 0 aromatic heterocycles. The smallest absolute Gasteiger partial charge is 0.193 e. The first-order chi connectivity index (χ1) is 21.4. The third kappa shape index (κ3) is 4.09. The van der Waals surface area contributed by atoms with Crippen LogP contribution in [-0.4, -0.2) is 58.5 Å². The maximum Gasteiger partial charge on any atom is 0.193 e. The monoisotopic (exact) mass is 619 g/mol. The fourth-order valence-electron chi connectivity index (χ4n) is 9.62. The van der Waals surface area contributed by atoms with Gasteiger partial charge in [-0.25, -0.2) is 8.78 Å². The Balaban J connectivity index is 1.20. The molecule has 45 heavy (non-hydrogen) atoms. The summed E-state index contributed by atoms with van der Waals surface area (Å²) in [6.07, 6.45) is 0.733. The lowest BCUT2D eigenvalue weighted by atomic mass is 9.44. The topological polar surface area (TPSA) is 96.3 Å². The fourth-order valence-corrected chi connectivity index (χ4v) is 9.62. The van der Waals surface area contributed by atoms with Crippen molar-refractivity contribution in [1.82, 2.24) is 0 Å². The second kappa shape index (κ2) is 10.3. The van der Waals surface area contributed by atoms with Crippen molar-refractivity contribution in [3.05, 3.63) is 83.5 Å². The molecule has 3 saturated carbocycles. The van der Waals surface area contributed by atoms with Gasteiger partial charge in [0.15, 0.2) is 22.8 Å². The third-order valence-corrected chi connectivity index (χ3v) is 11.8. The van der Waals surface area contributed by atoms with Crippen molar-refractivity contribution in [2.75, 3.05) is 18.2 Å². The van der Waals surface area contributed by atoms with E-state index in [9.17, 15) is 19.8 Å². The molecule has 5 aliphatic rings. The number of benzene rings is 2. The SMILES string of the molecule is Cc1ccc(OCc2cccc(N3C[C@@H]4C[C@H]5[C@@H]6C[C@H](F)C7=CC(=O)C=C[C@]7(C)[C@@]6(F)[C@@H](O)C[C@]5(C)[C@]4(C(=O)CO)O3)c2)cc1. The predicted octanol–water partition coefficient (Wildman–Crippen LogP) is 5.17. The maximum atomic E-state index is 17.6. The van der Waals surface area contributed by atoms with Gasteiger partial charge in [-0.05, 0) is 86.6 Å². The summed E-state index contributed by atoms with van der Waals surface area (Å²) in [5, 5.41) is 23.6. The van der Waals surface area contributed by atoms with Crippen LogP contribution in [0.25, 0.3) is 0 Å². The minimum atomic E-state index is -2.25. The molecular weight excluding hydrogens is 580 g/mol. The quantitative estimate of drug-likeness (QED) is 0.461. The van der Waals surface area contributed by atoms with Gasteiger partial charge in [0, 0.05) is 22.7 Å². The normalized spacial score (nSPS) is 39.9. The number of halogens is 2. The largest absolute Gasteiger partial charge is 0.489 e. The molecule has 0 amide bonds. The van der Waals surface area contributed by atoms with Crippen molar-refractivity contribution in [3.8, 4) is 5.75 Å². The Labute approximate surface area is 261 Å². The molecule has 1 aliphatic heterocycles. The Morgan fingerprint density at radius 1 is 1.13 bits per heavy atom. The molecule has 2 aromatic carbocycles. The van der Waals surface area contributed by atoms with Crippen LogP contribution in [0.1, 0.15) is 44.2 Å². The zero-order valence-corrected chi connectivity index (χ0v) is 25.7. The van der Waals surface area contributed by atoms with E-state index >= 15 is 8.78 Å². The van der Waals surface area contributed by atoms with Crippen LogP contribution in [0.15, 0.2) is 72.3 Å². The molecule has 1 saturated heterocycles. The second-order valence-electron chi connectivity index (χ2n) is 14.0. The van der Waals surface area contributed by atoms with E-state index < -0.39 is 70.3 Å². The van der Waals surface area contributed by atoms with Gasteiger partial charge in [0.2, 0.25) is 0 Å². The molecule has 9 heteroatoms. The van der Waals surface area contributed by atoms with Gasteiger partial charge in [0.1, 0.15) is 25.1 Å². The number of ether oxygens (including phenoxy) is 1. The molecule has 2 aromatic rings. The van der Waals surface area contributed by atoms with Crippen LogP contribution in [0, 0.1) is 35.5 Å². The zero-order chi connectivity index (χ0) is 31.9. The van der Waals surface area contributed by atoms with Crippen molar-refractivity contribution >= 4 is 17.3 Å². The van der Waals surface area contributed by atoms with Gasteiger partial charge in [-0.2, -0.15) is 0 Å². The minimum Gasteiger partial charge on any atom is -0.489 e. The van der Waals surface area contributed by atoms with Gasteiger partial charge in [-0.15, -0.1) is 0 Å². The molecular formula is C36H39F2NO6. The number of hydroxylamine groups is 1. The molecule has 0 bridgehead atoms. The standard InChI is InChI=1S/C36H39F2NO6/c1-21-7-9-26(10-8-21)44-20-22-5-4-6-24(13-22)39-18-23-14-27-28-16-30(37)29-15-25(41)11-12-33(29,2)35(28,38)31(42)17-34(27,3)36(23,45-39)32(43)19-40/h4-13,15,23,27-28,30-31,40,42H,14,16-20H2,1-3H3/t23-,27-,28-,30-,31-,33-,34-,35-,36-/m0/s1. The van der Waals surface area contributed by atoms with E-state index in [0.717, 1.165) is 16.9 Å². The summed E-state index contributed by atoms with van der Waals surface area (Å²) in [5.74, 6) is -2.06. The van der Waals surface area contributed by atoms with Crippen LogP contribution in [-0.2, 0) is 21.0 Å². The molecule has 7 nitrogen and oxygen atoms in total. The molecule has 2 N–H and O–H groups in total. The number of carbonyl (C=O) groups is 2. The van der Waals surface area contributed by atoms with Crippen molar-refractivity contribution in [2.45, 2.75) is 70.2 Å². The first-order valence-corrected chi connectivity index (χ1v) is 15.7. The van der Waals surface area contributed by atoms with Gasteiger partial charge in [-0.1, -0.05) is 42.8 Å². The van der Waals surface area contributed by atoms with Gasteiger partial charge < -0.3 is 14.9 Å². The molecule has 4 fully saturated rings. The van der Waals surface area contributed by atoms with Crippen molar-refractivity contribution in [1.29, 1.82) is 0 Å². The Kier molecular flexibility index (Phi) is 6.93. The van der Waals surface area contributed by atoms with E-state index in [4.69, 9.17) is 9.57 Å². The Bertz CT molecular complexity index is 1610. The van der Waals surface area contributed by atoms with Crippen LogP contribution in [0.4, 0.5) is 14.5 Å². The maximum absolute atomic E-state index is 17.6. The molecule has 0 unspecified atom stereocenters. The number of hydrogen-bond donors (Lipinski definition) is 2. The lowest BCUT2D eigenvalue weighted by Gasteiger charge is -2.63. The number of carbonyl (C=O) groups excluding carboxylic acids is 2. The predicted molar refractivity (Wildman–Crippen MR) is 163 cm³/mol. The number of aliphatic hydroxyl groups excluding tert-OH is 2. The fraction of sp³-hybridized carbons (Fsp3) is 0.500. The number of nitrogens with zero attached hydrogens (tertiary/aromatic N) is 1. The number of fused-ring (bicyclic) bond motifs is 7. The lowest BCUT2D eigenvalue weighted by Crippen LogP contribution is -2.70. The summed E-state index contributed by atoms with van der Waals surface area (Å²) in [6.45, 7) is 5.24. The molecule has 7 rings (SSSR count). The van der Waals surface area contributed by atoms with Crippen LogP contribution in [0.3, 0.4) is 0 Å². The summed E-state index contributed by atoms with van der Waals surface area (Å²) in [5.41, 5.74) is -3.60. The van der Waals surface area contributed by atoms with Crippen LogP contribution < -0.4 is 9.80 Å². The Hall–Kier alpha value is -3.40. The lowest BCUT2D eigenvalue weighted by molar-refractivity contribution is -0.228. The minimum absolute atomic E-state index is 0.0596.